The Morgan fingerprint density at radius 2 is 2.21 bits per heavy atom. The van der Waals surface area contributed by atoms with Gasteiger partial charge in [0.2, 0.25) is 0 Å². The fraction of sp³-hybridized carbons (Fsp3) is 0.286. The Bertz CT molecular complexity index is 533. The standard InChI is InChI=1S/C14H16FN3O/c1-10(18-9-12-8-16-5-6-17-12)11-3-4-14(19-2)13(15)7-11/h3-8,10,18H,9H2,1-2H3. The van der Waals surface area contributed by atoms with Crippen LogP contribution in [0.3, 0.4) is 0 Å². The van der Waals surface area contributed by atoms with Gasteiger partial charge in [0.25, 0.3) is 0 Å². The van der Waals surface area contributed by atoms with Crippen LogP contribution in [0.4, 0.5) is 4.39 Å². The Labute approximate surface area is 111 Å². The molecule has 2 aromatic rings. The van der Waals surface area contributed by atoms with Crippen LogP contribution in [0.1, 0.15) is 24.2 Å². The molecule has 0 saturated carbocycles. The topological polar surface area (TPSA) is 47.0 Å². The van der Waals surface area contributed by atoms with Crippen LogP contribution in [-0.2, 0) is 6.54 Å². The molecule has 1 aromatic carbocycles. The number of rotatable bonds is 5. The number of nitrogens with one attached hydrogen (secondary N) is 1. The lowest BCUT2D eigenvalue weighted by atomic mass is 10.1. The molecule has 0 aliphatic heterocycles. The molecule has 5 heteroatoms. The van der Waals surface area contributed by atoms with Crippen molar-refractivity contribution in [2.45, 2.75) is 19.5 Å². The minimum atomic E-state index is -0.354. The zero-order valence-corrected chi connectivity index (χ0v) is 10.9. The van der Waals surface area contributed by atoms with Crippen LogP contribution in [-0.4, -0.2) is 17.1 Å². The van der Waals surface area contributed by atoms with Crippen LogP contribution in [0.5, 0.6) is 5.75 Å². The molecule has 1 N–H and O–H groups in total. The average Bonchev–Trinajstić information content (AvgIpc) is 2.45. The van der Waals surface area contributed by atoms with Gasteiger partial charge in [-0.15, -0.1) is 0 Å². The molecule has 1 atom stereocenters. The first-order chi connectivity index (χ1) is 9.20. The van der Waals surface area contributed by atoms with E-state index < -0.39 is 0 Å². The van der Waals surface area contributed by atoms with E-state index in [2.05, 4.69) is 15.3 Å². The maximum absolute atomic E-state index is 13.6. The molecular formula is C14H16FN3O. The van der Waals surface area contributed by atoms with E-state index >= 15 is 0 Å². The zero-order valence-electron chi connectivity index (χ0n) is 10.9. The molecule has 0 fully saturated rings. The third-order valence-corrected chi connectivity index (χ3v) is 2.88. The van der Waals surface area contributed by atoms with Gasteiger partial charge in [0.1, 0.15) is 0 Å². The lowest BCUT2D eigenvalue weighted by molar-refractivity contribution is 0.385. The van der Waals surface area contributed by atoms with Gasteiger partial charge in [-0.2, -0.15) is 0 Å². The van der Waals surface area contributed by atoms with Crippen molar-refractivity contribution in [3.05, 3.63) is 53.9 Å². The van der Waals surface area contributed by atoms with Gasteiger partial charge in [0, 0.05) is 31.2 Å². The molecule has 0 spiro atoms. The summed E-state index contributed by atoms with van der Waals surface area (Å²) in [6, 6.07) is 4.97. The molecule has 0 saturated heterocycles. The summed E-state index contributed by atoms with van der Waals surface area (Å²) in [7, 11) is 1.45. The number of ether oxygens (including phenoxy) is 1. The largest absolute Gasteiger partial charge is 0.494 e. The third-order valence-electron chi connectivity index (χ3n) is 2.88. The Kier molecular flexibility index (Phi) is 4.41. The first kappa shape index (κ1) is 13.4. The molecule has 100 valence electrons. The van der Waals surface area contributed by atoms with Crippen molar-refractivity contribution in [1.29, 1.82) is 0 Å². The molecule has 1 unspecified atom stereocenters. The summed E-state index contributed by atoms with van der Waals surface area (Å²) in [4.78, 5) is 8.16. The predicted octanol–water partition coefficient (Wildman–Crippen LogP) is 2.48. The maximum atomic E-state index is 13.6. The van der Waals surface area contributed by atoms with Crippen molar-refractivity contribution < 1.29 is 9.13 Å². The first-order valence-electron chi connectivity index (χ1n) is 6.02. The molecule has 0 bridgehead atoms. The summed E-state index contributed by atoms with van der Waals surface area (Å²) in [5, 5.41) is 3.27. The number of nitrogens with zero attached hydrogens (tertiary/aromatic N) is 2. The van der Waals surface area contributed by atoms with E-state index in [-0.39, 0.29) is 17.6 Å². The lowest BCUT2D eigenvalue weighted by Crippen LogP contribution is -2.19. The molecule has 19 heavy (non-hydrogen) atoms. The number of aromatic nitrogens is 2. The Balaban J connectivity index is 2.00. The Morgan fingerprint density at radius 1 is 1.37 bits per heavy atom. The van der Waals surface area contributed by atoms with Gasteiger partial charge in [0.15, 0.2) is 11.6 Å². The smallest absolute Gasteiger partial charge is 0.165 e. The number of hydrogen-bond donors (Lipinski definition) is 1. The Hall–Kier alpha value is -2.01. The predicted molar refractivity (Wildman–Crippen MR) is 70.2 cm³/mol. The zero-order chi connectivity index (χ0) is 13.7. The van der Waals surface area contributed by atoms with Crippen molar-refractivity contribution in [3.63, 3.8) is 0 Å². The highest BCUT2D eigenvalue weighted by molar-refractivity contribution is 5.30. The Morgan fingerprint density at radius 3 is 2.84 bits per heavy atom. The van der Waals surface area contributed by atoms with Gasteiger partial charge in [-0.3, -0.25) is 9.97 Å². The van der Waals surface area contributed by atoms with Crippen LogP contribution < -0.4 is 10.1 Å². The number of benzene rings is 1. The van der Waals surface area contributed by atoms with Gasteiger partial charge < -0.3 is 10.1 Å². The SMILES string of the molecule is COc1ccc(C(C)NCc2cnccn2)cc1F. The maximum Gasteiger partial charge on any atom is 0.165 e. The highest BCUT2D eigenvalue weighted by Crippen LogP contribution is 2.21. The van der Waals surface area contributed by atoms with Crippen LogP contribution in [0.25, 0.3) is 0 Å². The molecule has 0 aliphatic carbocycles. The van der Waals surface area contributed by atoms with Gasteiger partial charge in [-0.1, -0.05) is 6.07 Å². The fourth-order valence-corrected chi connectivity index (χ4v) is 1.75. The number of hydrogen-bond acceptors (Lipinski definition) is 4. The van der Waals surface area contributed by atoms with Crippen molar-refractivity contribution in [2.75, 3.05) is 7.11 Å². The molecule has 0 radical (unpaired) electrons. The highest BCUT2D eigenvalue weighted by Gasteiger charge is 2.09. The second-order valence-electron chi connectivity index (χ2n) is 4.19. The van der Waals surface area contributed by atoms with E-state index in [0.29, 0.717) is 6.54 Å². The summed E-state index contributed by atoms with van der Waals surface area (Å²) in [5.74, 6) is -0.0990. The number of halogens is 1. The van der Waals surface area contributed by atoms with E-state index in [1.165, 1.54) is 13.2 Å². The summed E-state index contributed by atoms with van der Waals surface area (Å²) >= 11 is 0. The quantitative estimate of drug-likeness (QED) is 0.898. The second-order valence-corrected chi connectivity index (χ2v) is 4.19. The lowest BCUT2D eigenvalue weighted by Gasteiger charge is -2.14. The van der Waals surface area contributed by atoms with Gasteiger partial charge >= 0.3 is 0 Å². The van der Waals surface area contributed by atoms with Crippen LogP contribution in [0, 0.1) is 5.82 Å². The minimum absolute atomic E-state index is 0.0161. The van der Waals surface area contributed by atoms with Crippen molar-refractivity contribution in [3.8, 4) is 5.75 Å². The van der Waals surface area contributed by atoms with E-state index in [0.717, 1.165) is 11.3 Å². The second kappa shape index (κ2) is 6.24. The van der Waals surface area contributed by atoms with E-state index in [1.807, 2.05) is 13.0 Å². The van der Waals surface area contributed by atoms with Crippen molar-refractivity contribution >= 4 is 0 Å². The fourth-order valence-electron chi connectivity index (χ4n) is 1.75. The van der Waals surface area contributed by atoms with E-state index in [4.69, 9.17) is 4.74 Å². The summed E-state index contributed by atoms with van der Waals surface area (Å²) in [5.41, 5.74) is 1.71. The number of methoxy groups -OCH3 is 1. The molecule has 0 amide bonds. The third kappa shape index (κ3) is 3.48. The molecular weight excluding hydrogens is 245 g/mol. The van der Waals surface area contributed by atoms with Gasteiger partial charge in [-0.05, 0) is 24.6 Å². The van der Waals surface area contributed by atoms with Crippen LogP contribution in [0.2, 0.25) is 0 Å². The van der Waals surface area contributed by atoms with Gasteiger partial charge in [0.05, 0.1) is 12.8 Å². The molecule has 2 rings (SSSR count). The van der Waals surface area contributed by atoms with Crippen molar-refractivity contribution in [1.82, 2.24) is 15.3 Å². The van der Waals surface area contributed by atoms with Crippen LogP contribution in [0.15, 0.2) is 36.8 Å². The normalized spacial score (nSPS) is 12.2. The molecule has 1 aromatic heterocycles. The minimum Gasteiger partial charge on any atom is -0.494 e. The molecule has 1 heterocycles. The highest BCUT2D eigenvalue weighted by atomic mass is 19.1. The van der Waals surface area contributed by atoms with Crippen LogP contribution >= 0.6 is 0 Å². The molecule has 0 aliphatic rings. The van der Waals surface area contributed by atoms with E-state index in [9.17, 15) is 4.39 Å². The van der Waals surface area contributed by atoms with Crippen molar-refractivity contribution in [2.24, 2.45) is 0 Å². The summed E-state index contributed by atoms with van der Waals surface area (Å²) < 4.78 is 18.5. The summed E-state index contributed by atoms with van der Waals surface area (Å²) in [6.45, 7) is 2.56. The first-order valence-corrected chi connectivity index (χ1v) is 6.02. The average molecular weight is 261 g/mol. The summed E-state index contributed by atoms with van der Waals surface area (Å²) in [6.07, 6.45) is 4.98. The van der Waals surface area contributed by atoms with Gasteiger partial charge in [-0.25, -0.2) is 4.39 Å². The molecule has 4 nitrogen and oxygen atoms in total. The van der Waals surface area contributed by atoms with E-state index in [1.54, 1.807) is 24.7 Å². The monoisotopic (exact) mass is 261 g/mol.